The molecule has 0 bridgehead atoms. The van der Waals surface area contributed by atoms with Gasteiger partial charge in [0.05, 0.1) is 33.8 Å². The summed E-state index contributed by atoms with van der Waals surface area (Å²) in [6.07, 6.45) is 0. The smallest absolute Gasteiger partial charge is 0.253 e. The third-order valence-corrected chi connectivity index (χ3v) is 8.43. The molecule has 3 heterocycles. The number of para-hydroxylation sites is 1. The maximum atomic E-state index is 13.3. The maximum absolute atomic E-state index is 13.3. The molecule has 0 radical (unpaired) electrons. The van der Waals surface area contributed by atoms with Crippen molar-refractivity contribution >= 4 is 21.8 Å². The molecule has 7 nitrogen and oxygen atoms in total. The molecule has 0 unspecified atom stereocenters. The number of rotatable bonds is 6. The van der Waals surface area contributed by atoms with Crippen molar-refractivity contribution in [1.29, 1.82) is 0 Å². The van der Waals surface area contributed by atoms with Gasteiger partial charge >= 0.3 is 0 Å². The number of benzene rings is 2. The largest absolute Gasteiger partial charge is 0.336 e. The summed E-state index contributed by atoms with van der Waals surface area (Å²) in [4.78, 5) is 17.7. The minimum absolute atomic E-state index is 0.0975. The van der Waals surface area contributed by atoms with Crippen LogP contribution < -0.4 is 0 Å². The minimum Gasteiger partial charge on any atom is -0.336 e. The monoisotopic (exact) mass is 560 g/mol. The SMILES string of the molecule is Cc1nn(Cc2cccc(C(=O)N3CCN(Cc4c(C)nn(-c5ccccc5)c4C)CC3)c2)c(C)c1Br. The van der Waals surface area contributed by atoms with Crippen molar-refractivity contribution in [2.24, 2.45) is 0 Å². The number of aryl methyl sites for hydroxylation is 2. The Bertz CT molecular complexity index is 1420. The number of carbonyl (C=O) groups excluding carboxylic acids is 1. The average Bonchev–Trinajstić information content (AvgIpc) is 3.33. The number of piperazine rings is 1. The fourth-order valence-corrected chi connectivity index (χ4v) is 5.33. The highest BCUT2D eigenvalue weighted by Gasteiger charge is 2.24. The van der Waals surface area contributed by atoms with E-state index in [0.29, 0.717) is 6.54 Å². The molecule has 8 heteroatoms. The van der Waals surface area contributed by atoms with Crippen LogP contribution in [-0.4, -0.2) is 61.4 Å². The fourth-order valence-electron chi connectivity index (χ4n) is 5.04. The van der Waals surface area contributed by atoms with E-state index >= 15 is 0 Å². The third kappa shape index (κ3) is 5.26. The van der Waals surface area contributed by atoms with Crippen LogP contribution in [0.3, 0.4) is 0 Å². The van der Waals surface area contributed by atoms with Gasteiger partial charge in [-0.25, -0.2) is 4.68 Å². The van der Waals surface area contributed by atoms with Crippen LogP contribution in [0.4, 0.5) is 0 Å². The average molecular weight is 562 g/mol. The molecule has 4 aromatic rings. The van der Waals surface area contributed by atoms with Gasteiger partial charge in [0.25, 0.3) is 5.91 Å². The van der Waals surface area contributed by atoms with Crippen molar-refractivity contribution in [2.75, 3.05) is 26.2 Å². The highest BCUT2D eigenvalue weighted by Crippen LogP contribution is 2.22. The normalized spacial score (nSPS) is 14.4. The van der Waals surface area contributed by atoms with Crippen LogP contribution in [0.5, 0.6) is 0 Å². The van der Waals surface area contributed by atoms with E-state index in [2.05, 4.69) is 58.0 Å². The molecule has 0 spiro atoms. The van der Waals surface area contributed by atoms with Gasteiger partial charge in [0.2, 0.25) is 0 Å². The molecule has 2 aromatic heterocycles. The van der Waals surface area contributed by atoms with E-state index in [-0.39, 0.29) is 5.91 Å². The van der Waals surface area contributed by atoms with E-state index in [1.807, 2.05) is 64.5 Å². The third-order valence-electron chi connectivity index (χ3n) is 7.28. The Balaban J connectivity index is 1.22. The summed E-state index contributed by atoms with van der Waals surface area (Å²) in [6, 6.07) is 18.2. The van der Waals surface area contributed by atoms with Crippen LogP contribution in [0.1, 0.15) is 44.3 Å². The van der Waals surface area contributed by atoms with Gasteiger partial charge in [-0.2, -0.15) is 10.2 Å². The minimum atomic E-state index is 0.0975. The van der Waals surface area contributed by atoms with Crippen molar-refractivity contribution in [3.05, 3.63) is 98.5 Å². The molecule has 0 atom stereocenters. The zero-order valence-electron chi connectivity index (χ0n) is 21.9. The number of hydrogen-bond donors (Lipinski definition) is 0. The van der Waals surface area contributed by atoms with Gasteiger partial charge in [-0.1, -0.05) is 30.3 Å². The fraction of sp³-hybridized carbons (Fsp3) is 0.345. The van der Waals surface area contributed by atoms with Crippen LogP contribution in [-0.2, 0) is 13.1 Å². The molecule has 0 saturated carbocycles. The van der Waals surface area contributed by atoms with Gasteiger partial charge in [-0.05, 0) is 73.5 Å². The second-order valence-electron chi connectivity index (χ2n) is 9.81. The predicted octanol–water partition coefficient (Wildman–Crippen LogP) is 5.07. The molecular formula is C29H33BrN6O. The lowest BCUT2D eigenvalue weighted by Gasteiger charge is -2.35. The number of aromatic nitrogens is 4. The molecular weight excluding hydrogens is 528 g/mol. The predicted molar refractivity (Wildman–Crippen MR) is 149 cm³/mol. The zero-order chi connectivity index (χ0) is 26.1. The Labute approximate surface area is 226 Å². The van der Waals surface area contributed by atoms with Crippen molar-refractivity contribution in [2.45, 2.75) is 40.8 Å². The summed E-state index contributed by atoms with van der Waals surface area (Å²) in [5.41, 5.74) is 8.46. The van der Waals surface area contributed by atoms with Crippen LogP contribution >= 0.6 is 15.9 Å². The van der Waals surface area contributed by atoms with Gasteiger partial charge < -0.3 is 4.90 Å². The Morgan fingerprint density at radius 3 is 2.24 bits per heavy atom. The van der Waals surface area contributed by atoms with E-state index < -0.39 is 0 Å². The second-order valence-corrected chi connectivity index (χ2v) is 10.6. The second kappa shape index (κ2) is 10.6. The van der Waals surface area contributed by atoms with Crippen molar-refractivity contribution in [3.8, 4) is 5.69 Å². The van der Waals surface area contributed by atoms with E-state index in [1.54, 1.807) is 0 Å². The summed E-state index contributed by atoms with van der Waals surface area (Å²) < 4.78 is 5.05. The molecule has 0 aliphatic carbocycles. The maximum Gasteiger partial charge on any atom is 0.253 e. The molecule has 5 rings (SSSR count). The van der Waals surface area contributed by atoms with Crippen molar-refractivity contribution < 1.29 is 4.79 Å². The topological polar surface area (TPSA) is 59.2 Å². The Kier molecular flexibility index (Phi) is 7.31. The van der Waals surface area contributed by atoms with Crippen molar-refractivity contribution in [1.82, 2.24) is 29.4 Å². The Morgan fingerprint density at radius 2 is 1.57 bits per heavy atom. The lowest BCUT2D eigenvalue weighted by atomic mass is 10.1. The number of hydrogen-bond acceptors (Lipinski definition) is 4. The Morgan fingerprint density at radius 1 is 0.838 bits per heavy atom. The van der Waals surface area contributed by atoms with Crippen LogP contribution in [0, 0.1) is 27.7 Å². The summed E-state index contributed by atoms with van der Waals surface area (Å²) >= 11 is 3.60. The molecule has 0 N–H and O–H groups in total. The van der Waals surface area contributed by atoms with Gasteiger partial charge in [0.1, 0.15) is 0 Å². The molecule has 1 fully saturated rings. The lowest BCUT2D eigenvalue weighted by molar-refractivity contribution is 0.0627. The zero-order valence-corrected chi connectivity index (χ0v) is 23.5. The van der Waals surface area contributed by atoms with Gasteiger partial charge in [-0.3, -0.25) is 14.4 Å². The summed E-state index contributed by atoms with van der Waals surface area (Å²) in [7, 11) is 0. The van der Waals surface area contributed by atoms with Gasteiger partial charge in [-0.15, -0.1) is 0 Å². The van der Waals surface area contributed by atoms with Crippen LogP contribution in [0.25, 0.3) is 5.69 Å². The summed E-state index contributed by atoms with van der Waals surface area (Å²) in [5.74, 6) is 0.0975. The number of carbonyl (C=O) groups is 1. The van der Waals surface area contributed by atoms with E-state index in [1.165, 1.54) is 11.3 Å². The Hall–Kier alpha value is -3.23. The first-order chi connectivity index (χ1) is 17.8. The molecule has 1 aliphatic rings. The van der Waals surface area contributed by atoms with E-state index in [9.17, 15) is 4.79 Å². The lowest BCUT2D eigenvalue weighted by Crippen LogP contribution is -2.48. The number of nitrogens with zero attached hydrogens (tertiary/aromatic N) is 6. The van der Waals surface area contributed by atoms with Crippen LogP contribution in [0.15, 0.2) is 59.1 Å². The summed E-state index contributed by atoms with van der Waals surface area (Å²) in [5, 5.41) is 9.40. The number of halogens is 1. The first kappa shape index (κ1) is 25.4. The molecule has 2 aromatic carbocycles. The quantitative estimate of drug-likeness (QED) is 0.330. The van der Waals surface area contributed by atoms with Gasteiger partial charge in [0.15, 0.2) is 0 Å². The first-order valence-electron chi connectivity index (χ1n) is 12.7. The van der Waals surface area contributed by atoms with E-state index in [4.69, 9.17) is 5.10 Å². The molecule has 192 valence electrons. The summed E-state index contributed by atoms with van der Waals surface area (Å²) in [6.45, 7) is 12.9. The van der Waals surface area contributed by atoms with E-state index in [0.717, 1.165) is 71.1 Å². The highest BCUT2D eigenvalue weighted by molar-refractivity contribution is 9.10. The standard InChI is InChI=1S/C29H33BrN6O/c1-20-27(22(3)36(32-20)26-11-6-5-7-12-26)19-33-13-15-34(16-14-33)29(37)25-10-8-9-24(17-25)18-35-23(4)28(30)21(2)31-35/h5-12,17H,13-16,18-19H2,1-4H3. The molecule has 1 aliphatic heterocycles. The molecule has 1 amide bonds. The van der Waals surface area contributed by atoms with Gasteiger partial charge in [0, 0.05) is 49.5 Å². The number of amides is 1. The molecule has 1 saturated heterocycles. The van der Waals surface area contributed by atoms with Crippen LogP contribution in [0.2, 0.25) is 0 Å². The molecule has 37 heavy (non-hydrogen) atoms. The highest BCUT2D eigenvalue weighted by atomic mass is 79.9. The van der Waals surface area contributed by atoms with Crippen molar-refractivity contribution in [3.63, 3.8) is 0 Å². The first-order valence-corrected chi connectivity index (χ1v) is 13.5.